The second-order valence-electron chi connectivity index (χ2n) is 4.37. The van der Waals surface area contributed by atoms with Crippen molar-refractivity contribution in [1.82, 2.24) is 0 Å². The van der Waals surface area contributed by atoms with E-state index in [-0.39, 0.29) is 14.9 Å². The third kappa shape index (κ3) is 3.63. The normalized spacial score (nSPS) is 11.4. The van der Waals surface area contributed by atoms with Gasteiger partial charge in [-0.25, -0.2) is 8.42 Å². The lowest BCUT2D eigenvalue weighted by Crippen LogP contribution is -2.15. The zero-order chi connectivity index (χ0) is 15.8. The van der Waals surface area contributed by atoms with Gasteiger partial charge in [0.1, 0.15) is 4.90 Å². The smallest absolute Gasteiger partial charge is 0.263 e. The Balaban J connectivity index is 2.50. The number of nitrogens with one attached hydrogen (secondary N) is 1. The van der Waals surface area contributed by atoms with E-state index in [1.807, 2.05) is 0 Å². The van der Waals surface area contributed by atoms with Gasteiger partial charge in [-0.2, -0.15) is 0 Å². The number of hydrogen-bond acceptors (Lipinski definition) is 3. The molecular weight excluding hydrogens is 399 g/mol. The van der Waals surface area contributed by atoms with Crippen LogP contribution in [0.25, 0.3) is 0 Å². The Labute approximate surface area is 141 Å². The molecule has 21 heavy (non-hydrogen) atoms. The van der Waals surface area contributed by atoms with Gasteiger partial charge in [0.2, 0.25) is 0 Å². The number of nitrogens with two attached hydrogens (primary N) is 1. The fourth-order valence-corrected chi connectivity index (χ4v) is 4.29. The molecule has 0 heterocycles. The molecule has 0 aliphatic heterocycles. The summed E-state index contributed by atoms with van der Waals surface area (Å²) in [7, 11) is -3.89. The van der Waals surface area contributed by atoms with E-state index in [1.165, 1.54) is 18.2 Å². The number of halogens is 3. The molecular formula is C13H11BrCl2N2O2S. The molecule has 2 rings (SSSR count). The highest BCUT2D eigenvalue weighted by Crippen LogP contribution is 2.32. The van der Waals surface area contributed by atoms with Crippen LogP contribution in [0, 0.1) is 6.92 Å². The van der Waals surface area contributed by atoms with Crippen LogP contribution in [0.1, 0.15) is 5.56 Å². The Morgan fingerprint density at radius 1 is 1.19 bits per heavy atom. The molecule has 3 N–H and O–H groups in total. The first-order valence-corrected chi connectivity index (χ1v) is 8.77. The Hall–Kier alpha value is -0.950. The van der Waals surface area contributed by atoms with Gasteiger partial charge in [0, 0.05) is 9.50 Å². The van der Waals surface area contributed by atoms with Crippen molar-refractivity contribution < 1.29 is 8.42 Å². The van der Waals surface area contributed by atoms with Crippen LogP contribution in [0.15, 0.2) is 39.7 Å². The second-order valence-corrected chi connectivity index (χ2v) is 7.78. The molecule has 0 fully saturated rings. The minimum Gasteiger partial charge on any atom is -0.397 e. The molecule has 0 unspecified atom stereocenters. The zero-order valence-electron chi connectivity index (χ0n) is 10.8. The van der Waals surface area contributed by atoms with Crippen LogP contribution >= 0.6 is 39.1 Å². The molecule has 0 radical (unpaired) electrons. The van der Waals surface area contributed by atoms with Crippen LogP contribution in [0.3, 0.4) is 0 Å². The van der Waals surface area contributed by atoms with Crippen molar-refractivity contribution >= 4 is 60.5 Å². The van der Waals surface area contributed by atoms with Gasteiger partial charge >= 0.3 is 0 Å². The first-order valence-electron chi connectivity index (χ1n) is 5.74. The number of rotatable bonds is 3. The maximum absolute atomic E-state index is 12.4. The molecule has 2 aromatic rings. The summed E-state index contributed by atoms with van der Waals surface area (Å²) in [5, 5.41) is 0.362. The van der Waals surface area contributed by atoms with Gasteiger partial charge in [0.25, 0.3) is 10.0 Å². The topological polar surface area (TPSA) is 72.2 Å². The largest absolute Gasteiger partial charge is 0.397 e. The molecule has 0 atom stereocenters. The second kappa shape index (κ2) is 6.04. The summed E-state index contributed by atoms with van der Waals surface area (Å²) < 4.78 is 28.1. The maximum atomic E-state index is 12.4. The van der Waals surface area contributed by atoms with E-state index in [2.05, 4.69) is 20.7 Å². The average molecular weight is 410 g/mol. The van der Waals surface area contributed by atoms with E-state index in [9.17, 15) is 8.42 Å². The molecule has 0 saturated carbocycles. The van der Waals surface area contributed by atoms with Crippen LogP contribution < -0.4 is 10.5 Å². The van der Waals surface area contributed by atoms with Crippen LogP contribution in [0.4, 0.5) is 11.4 Å². The van der Waals surface area contributed by atoms with Crippen molar-refractivity contribution in [3.8, 4) is 0 Å². The van der Waals surface area contributed by atoms with Crippen LogP contribution in [-0.2, 0) is 10.0 Å². The number of nitrogen functional groups attached to an aromatic ring is 1. The molecule has 0 saturated heterocycles. The minimum absolute atomic E-state index is 0.0836. The Morgan fingerprint density at radius 2 is 1.86 bits per heavy atom. The quantitative estimate of drug-likeness (QED) is 0.735. The van der Waals surface area contributed by atoms with Gasteiger partial charge in [-0.15, -0.1) is 0 Å². The SMILES string of the molecule is Cc1cc(Br)cc(N)c1NS(=O)(=O)c1cc(Cl)ccc1Cl. The van der Waals surface area contributed by atoms with Gasteiger partial charge < -0.3 is 5.73 Å². The van der Waals surface area contributed by atoms with Crippen molar-refractivity contribution in [2.24, 2.45) is 0 Å². The summed E-state index contributed by atoms with van der Waals surface area (Å²) in [4.78, 5) is -0.0987. The van der Waals surface area contributed by atoms with Crippen molar-refractivity contribution in [2.75, 3.05) is 10.5 Å². The summed E-state index contributed by atoms with van der Waals surface area (Å²) in [5.41, 5.74) is 7.17. The van der Waals surface area contributed by atoms with E-state index in [4.69, 9.17) is 28.9 Å². The first kappa shape index (κ1) is 16.4. The lowest BCUT2D eigenvalue weighted by Gasteiger charge is -2.14. The number of hydrogen-bond donors (Lipinski definition) is 2. The molecule has 0 bridgehead atoms. The van der Waals surface area contributed by atoms with Crippen LogP contribution in [-0.4, -0.2) is 8.42 Å². The highest BCUT2D eigenvalue weighted by Gasteiger charge is 2.20. The monoisotopic (exact) mass is 408 g/mol. The average Bonchev–Trinajstić information content (AvgIpc) is 2.36. The molecule has 0 aliphatic rings. The molecule has 112 valence electrons. The third-order valence-corrected chi connectivity index (χ3v) is 5.27. The van der Waals surface area contributed by atoms with E-state index in [0.29, 0.717) is 16.9 Å². The predicted molar refractivity (Wildman–Crippen MR) is 90.6 cm³/mol. The van der Waals surface area contributed by atoms with Crippen molar-refractivity contribution in [1.29, 1.82) is 0 Å². The summed E-state index contributed by atoms with van der Waals surface area (Å²) in [6.07, 6.45) is 0. The third-order valence-electron chi connectivity index (χ3n) is 2.75. The maximum Gasteiger partial charge on any atom is 0.263 e. The van der Waals surface area contributed by atoms with Crippen LogP contribution in [0.2, 0.25) is 10.0 Å². The van der Waals surface area contributed by atoms with Crippen LogP contribution in [0.5, 0.6) is 0 Å². The van der Waals surface area contributed by atoms with E-state index in [0.717, 1.165) is 4.47 Å². The van der Waals surface area contributed by atoms with Crippen molar-refractivity contribution in [2.45, 2.75) is 11.8 Å². The lowest BCUT2D eigenvalue weighted by molar-refractivity contribution is 0.601. The summed E-state index contributed by atoms with van der Waals surface area (Å²) >= 11 is 15.1. The first-order chi connectivity index (χ1) is 9.70. The lowest BCUT2D eigenvalue weighted by atomic mass is 10.2. The fraction of sp³-hybridized carbons (Fsp3) is 0.0769. The van der Waals surface area contributed by atoms with Crippen molar-refractivity contribution in [3.63, 3.8) is 0 Å². The number of benzene rings is 2. The molecule has 0 aromatic heterocycles. The van der Waals surface area contributed by atoms with Gasteiger partial charge in [0.15, 0.2) is 0 Å². The molecule has 0 aliphatic carbocycles. The predicted octanol–water partition coefficient (Wildman–Crippen LogP) is 4.45. The Bertz CT molecular complexity index is 787. The molecule has 2 aromatic carbocycles. The molecule has 0 spiro atoms. The van der Waals surface area contributed by atoms with E-state index in [1.54, 1.807) is 19.1 Å². The Morgan fingerprint density at radius 3 is 2.48 bits per heavy atom. The van der Waals surface area contributed by atoms with Gasteiger partial charge in [0.05, 0.1) is 16.4 Å². The van der Waals surface area contributed by atoms with Crippen molar-refractivity contribution in [3.05, 3.63) is 50.4 Å². The number of anilines is 2. The molecule has 8 heteroatoms. The molecule has 0 amide bonds. The fourth-order valence-electron chi connectivity index (χ4n) is 1.78. The number of aryl methyl sites for hydroxylation is 1. The highest BCUT2D eigenvalue weighted by molar-refractivity contribution is 9.10. The summed E-state index contributed by atoms with van der Waals surface area (Å²) in [6, 6.07) is 7.60. The van der Waals surface area contributed by atoms with Gasteiger partial charge in [-0.1, -0.05) is 39.1 Å². The highest BCUT2D eigenvalue weighted by atomic mass is 79.9. The van der Waals surface area contributed by atoms with Gasteiger partial charge in [-0.05, 0) is 42.8 Å². The van der Waals surface area contributed by atoms with Gasteiger partial charge in [-0.3, -0.25) is 4.72 Å². The molecule has 4 nitrogen and oxygen atoms in total. The number of sulfonamides is 1. The minimum atomic E-state index is -3.89. The van der Waals surface area contributed by atoms with E-state index < -0.39 is 10.0 Å². The van der Waals surface area contributed by atoms with E-state index >= 15 is 0 Å². The zero-order valence-corrected chi connectivity index (χ0v) is 14.7. The Kier molecular flexibility index (Phi) is 4.72. The summed E-state index contributed by atoms with van der Waals surface area (Å²) in [5.74, 6) is 0. The summed E-state index contributed by atoms with van der Waals surface area (Å²) in [6.45, 7) is 1.75. The standard InChI is InChI=1S/C13H11BrCl2N2O2S/c1-7-4-8(14)5-11(17)13(7)18-21(19,20)12-6-9(15)2-3-10(12)16/h2-6,18H,17H2,1H3.